The highest BCUT2D eigenvalue weighted by Gasteiger charge is 2.12. The predicted molar refractivity (Wildman–Crippen MR) is 113 cm³/mol. The molecule has 3 aromatic carbocycles. The molecule has 0 aliphatic carbocycles. The summed E-state index contributed by atoms with van der Waals surface area (Å²) < 4.78 is 0. The summed E-state index contributed by atoms with van der Waals surface area (Å²) in [7, 11) is -0.245. The topological polar surface area (TPSA) is 0 Å². The van der Waals surface area contributed by atoms with Gasteiger partial charge in [-0.15, -0.1) is 7.53 Å². The fourth-order valence-corrected chi connectivity index (χ4v) is 5.81. The maximum Gasteiger partial charge on any atom is 0.0114 e. The van der Waals surface area contributed by atoms with E-state index >= 15 is 0 Å². The zero-order chi connectivity index (χ0) is 17.6. The van der Waals surface area contributed by atoms with Gasteiger partial charge < -0.3 is 0 Å². The largest absolute Gasteiger partial charge is 0.117 e. The third-order valence-electron chi connectivity index (χ3n) is 4.82. The number of hydrogen-bond donors (Lipinski definition) is 0. The number of benzene rings is 3. The first-order valence-corrected chi connectivity index (χ1v) is 10.8. The molecule has 1 atom stereocenters. The highest BCUT2D eigenvalue weighted by Crippen LogP contribution is 2.42. The van der Waals surface area contributed by atoms with Gasteiger partial charge in [-0.1, -0.05) is 97.1 Å². The first-order valence-electron chi connectivity index (χ1n) is 9.17. The fraction of sp³-hybridized carbons (Fsp3) is 0.120. The van der Waals surface area contributed by atoms with Gasteiger partial charge >= 0.3 is 0 Å². The van der Waals surface area contributed by atoms with Crippen molar-refractivity contribution in [3.05, 3.63) is 130 Å². The summed E-state index contributed by atoms with van der Waals surface area (Å²) in [6.07, 6.45) is 3.24. The molecule has 1 unspecified atom stereocenters. The lowest BCUT2D eigenvalue weighted by molar-refractivity contribution is 1.13. The van der Waals surface area contributed by atoms with Gasteiger partial charge in [0.15, 0.2) is 0 Å². The molecule has 0 saturated carbocycles. The average Bonchev–Trinajstić information content (AvgIpc) is 3.05. The van der Waals surface area contributed by atoms with Crippen molar-refractivity contribution in [1.82, 2.24) is 0 Å². The first-order chi connectivity index (χ1) is 12.9. The Morgan fingerprint density at radius 2 is 1.00 bits per heavy atom. The van der Waals surface area contributed by atoms with Gasteiger partial charge in [0.25, 0.3) is 0 Å². The van der Waals surface area contributed by atoms with Gasteiger partial charge in [-0.05, 0) is 39.8 Å². The van der Waals surface area contributed by atoms with Crippen LogP contribution < -0.4 is 0 Å². The maximum atomic E-state index is 2.47. The van der Waals surface area contributed by atoms with E-state index in [1.165, 1.54) is 22.3 Å². The molecule has 128 valence electrons. The van der Waals surface area contributed by atoms with Gasteiger partial charge in [-0.2, -0.15) is 0 Å². The Morgan fingerprint density at radius 3 is 1.58 bits per heavy atom. The molecule has 0 spiro atoms. The molecule has 1 heterocycles. The molecule has 0 amide bonds. The molecule has 0 saturated heterocycles. The highest BCUT2D eigenvalue weighted by molar-refractivity contribution is 7.49. The average molecular weight is 354 g/mol. The molecule has 0 bridgehead atoms. The van der Waals surface area contributed by atoms with E-state index in [1.54, 1.807) is 5.30 Å². The van der Waals surface area contributed by atoms with E-state index in [4.69, 9.17) is 0 Å². The third-order valence-corrected chi connectivity index (χ3v) is 7.17. The van der Waals surface area contributed by atoms with Crippen LogP contribution in [0, 0.1) is 0 Å². The van der Waals surface area contributed by atoms with Crippen LogP contribution in [0.2, 0.25) is 0 Å². The zero-order valence-corrected chi connectivity index (χ0v) is 15.8. The molecule has 26 heavy (non-hydrogen) atoms. The van der Waals surface area contributed by atoms with Crippen molar-refractivity contribution in [3.63, 3.8) is 0 Å². The van der Waals surface area contributed by atoms with Crippen molar-refractivity contribution < 1.29 is 0 Å². The van der Waals surface area contributed by atoms with Crippen molar-refractivity contribution >= 4 is 7.53 Å². The van der Waals surface area contributed by atoms with Gasteiger partial charge in [-0.25, -0.2) is 0 Å². The van der Waals surface area contributed by atoms with Gasteiger partial charge in [0.05, 0.1) is 0 Å². The monoisotopic (exact) mass is 354 g/mol. The summed E-state index contributed by atoms with van der Waals surface area (Å²) >= 11 is 0. The normalized spacial score (nSPS) is 11.5. The Bertz CT molecular complexity index is 878. The molecular formula is C25H23P. The van der Waals surface area contributed by atoms with Crippen LogP contribution in [0.3, 0.4) is 0 Å². The Labute approximate surface area is 157 Å². The molecule has 4 aromatic rings. The second-order valence-corrected chi connectivity index (χ2v) is 8.82. The van der Waals surface area contributed by atoms with Crippen LogP contribution >= 0.6 is 7.53 Å². The first kappa shape index (κ1) is 16.9. The fourth-order valence-electron chi connectivity index (χ4n) is 3.46. The molecular weight excluding hydrogens is 331 g/mol. The standard InChI is InChI=1S/C25H23P/c1-4-10-21(11-5-1)18-24-16-17-26(20-23-14-8-3-9-15-23)25(24)19-22-12-6-2-7-13-22/h1-17H,18-20H2. The van der Waals surface area contributed by atoms with Crippen molar-refractivity contribution in [2.45, 2.75) is 19.0 Å². The molecule has 0 aliphatic rings. The second-order valence-electron chi connectivity index (χ2n) is 6.73. The lowest BCUT2D eigenvalue weighted by atomic mass is 10.0. The van der Waals surface area contributed by atoms with Crippen molar-refractivity contribution in [3.8, 4) is 0 Å². The van der Waals surface area contributed by atoms with E-state index in [0.29, 0.717) is 0 Å². The van der Waals surface area contributed by atoms with Crippen molar-refractivity contribution in [2.24, 2.45) is 0 Å². The summed E-state index contributed by atoms with van der Waals surface area (Å²) in [6.45, 7) is 0. The Kier molecular flexibility index (Phi) is 5.33. The van der Waals surface area contributed by atoms with Gasteiger partial charge in [0.1, 0.15) is 0 Å². The molecule has 1 aromatic heterocycles. The highest BCUT2D eigenvalue weighted by atomic mass is 31.1. The minimum Gasteiger partial charge on any atom is -0.117 e. The minimum atomic E-state index is -0.245. The smallest absolute Gasteiger partial charge is 0.0114 e. The quantitative estimate of drug-likeness (QED) is 0.353. The number of rotatable bonds is 6. The van der Waals surface area contributed by atoms with Gasteiger partial charge in [0.2, 0.25) is 0 Å². The molecule has 0 N–H and O–H groups in total. The van der Waals surface area contributed by atoms with Crippen molar-refractivity contribution in [1.29, 1.82) is 0 Å². The molecule has 0 nitrogen and oxygen atoms in total. The minimum absolute atomic E-state index is 0.245. The summed E-state index contributed by atoms with van der Waals surface area (Å²) in [5.41, 5.74) is 5.77. The van der Waals surface area contributed by atoms with Crippen LogP contribution in [-0.2, 0) is 19.0 Å². The van der Waals surface area contributed by atoms with Crippen molar-refractivity contribution in [2.75, 3.05) is 0 Å². The Balaban J connectivity index is 1.67. The van der Waals surface area contributed by atoms with Gasteiger partial charge in [-0.3, -0.25) is 0 Å². The van der Waals surface area contributed by atoms with Crippen LogP contribution in [0.5, 0.6) is 0 Å². The SMILES string of the molecule is c1ccc(Cc2ccp(Cc3ccccc3)c2Cc2ccccc2)cc1. The Hall–Kier alpha value is -2.56. The van der Waals surface area contributed by atoms with E-state index in [0.717, 1.165) is 19.0 Å². The van der Waals surface area contributed by atoms with E-state index in [-0.39, 0.29) is 7.53 Å². The molecule has 0 aliphatic heterocycles. The van der Waals surface area contributed by atoms with Gasteiger partial charge in [0, 0.05) is 12.6 Å². The van der Waals surface area contributed by atoms with Crippen LogP contribution in [0.15, 0.2) is 103 Å². The maximum absolute atomic E-state index is 2.47. The molecule has 0 radical (unpaired) electrons. The second kappa shape index (κ2) is 8.21. The molecule has 4 rings (SSSR count). The predicted octanol–water partition coefficient (Wildman–Crippen LogP) is 6.90. The van der Waals surface area contributed by atoms with E-state index in [2.05, 4.69) is 103 Å². The molecule has 0 fully saturated rings. The summed E-state index contributed by atoms with van der Waals surface area (Å²) in [6, 6.07) is 35.0. The van der Waals surface area contributed by atoms with Crippen LogP contribution in [0.4, 0.5) is 0 Å². The van der Waals surface area contributed by atoms with Crippen LogP contribution in [-0.4, -0.2) is 0 Å². The summed E-state index contributed by atoms with van der Waals surface area (Å²) in [4.78, 5) is 0. The van der Waals surface area contributed by atoms with Crippen LogP contribution in [0.1, 0.15) is 27.5 Å². The number of hydrogen-bond acceptors (Lipinski definition) is 0. The van der Waals surface area contributed by atoms with Crippen LogP contribution in [0.25, 0.3) is 0 Å². The lowest BCUT2D eigenvalue weighted by Crippen LogP contribution is -1.93. The summed E-state index contributed by atoms with van der Waals surface area (Å²) in [5.74, 6) is 2.47. The van der Waals surface area contributed by atoms with E-state index in [9.17, 15) is 0 Å². The zero-order valence-electron chi connectivity index (χ0n) is 14.9. The Morgan fingerprint density at radius 1 is 0.500 bits per heavy atom. The van der Waals surface area contributed by atoms with E-state index < -0.39 is 0 Å². The lowest BCUT2D eigenvalue weighted by Gasteiger charge is -2.11. The third kappa shape index (κ3) is 4.15. The molecule has 1 heteroatoms. The summed E-state index contributed by atoms with van der Waals surface area (Å²) in [5, 5.41) is 1.64. The van der Waals surface area contributed by atoms with E-state index in [1.807, 2.05) is 0 Å².